The molecule has 0 bridgehead atoms. The van der Waals surface area contributed by atoms with E-state index in [1.165, 1.54) is 23.8 Å². The van der Waals surface area contributed by atoms with Gasteiger partial charge in [-0.2, -0.15) is 0 Å². The van der Waals surface area contributed by atoms with Crippen molar-refractivity contribution in [2.75, 3.05) is 19.1 Å². The van der Waals surface area contributed by atoms with Crippen molar-refractivity contribution in [1.29, 1.82) is 0 Å². The van der Waals surface area contributed by atoms with Crippen molar-refractivity contribution in [3.63, 3.8) is 0 Å². The summed E-state index contributed by atoms with van der Waals surface area (Å²) in [5.74, 6) is -0.234. The van der Waals surface area contributed by atoms with Crippen molar-refractivity contribution >= 4 is 11.7 Å². The summed E-state index contributed by atoms with van der Waals surface area (Å²) in [5.41, 5.74) is 4.12. The molecule has 3 heteroatoms. The number of carbonyl (C=O) groups is 1. The van der Waals surface area contributed by atoms with Crippen LogP contribution >= 0.6 is 0 Å². The monoisotopic (exact) mass is 249 g/mol. The Balaban J connectivity index is 3.23. The van der Waals surface area contributed by atoms with Crippen LogP contribution in [0.5, 0.6) is 0 Å². The molecular formula is C15H23NO2. The molecule has 0 aromatic heterocycles. The van der Waals surface area contributed by atoms with Gasteiger partial charge < -0.3 is 9.64 Å². The Bertz CT molecular complexity index is 464. The minimum atomic E-state index is -0.679. The summed E-state index contributed by atoms with van der Waals surface area (Å²) in [6.07, 6.45) is 0. The van der Waals surface area contributed by atoms with E-state index in [4.69, 9.17) is 4.74 Å². The molecule has 0 aliphatic heterocycles. The molecule has 1 aromatic rings. The average Bonchev–Trinajstić information content (AvgIpc) is 2.34. The van der Waals surface area contributed by atoms with E-state index in [0.29, 0.717) is 0 Å². The van der Waals surface area contributed by atoms with Gasteiger partial charge in [0.15, 0.2) is 0 Å². The first-order chi connectivity index (χ1) is 8.23. The zero-order valence-corrected chi connectivity index (χ0v) is 12.4. The molecule has 1 aromatic carbocycles. The summed E-state index contributed by atoms with van der Waals surface area (Å²) < 4.78 is 4.87. The van der Waals surface area contributed by atoms with Gasteiger partial charge >= 0.3 is 5.97 Å². The van der Waals surface area contributed by atoms with Crippen LogP contribution in [0.3, 0.4) is 0 Å². The molecule has 0 spiro atoms. The predicted molar refractivity (Wildman–Crippen MR) is 75.2 cm³/mol. The highest BCUT2D eigenvalue weighted by molar-refractivity contribution is 5.84. The van der Waals surface area contributed by atoms with E-state index in [2.05, 4.69) is 32.9 Å². The van der Waals surface area contributed by atoms with Gasteiger partial charge in [-0.05, 0) is 57.4 Å². The lowest BCUT2D eigenvalue weighted by molar-refractivity contribution is -0.145. The summed E-state index contributed by atoms with van der Waals surface area (Å²) in [6.45, 7) is 10.0. The van der Waals surface area contributed by atoms with Crippen molar-refractivity contribution in [1.82, 2.24) is 0 Å². The van der Waals surface area contributed by atoms with Crippen LogP contribution < -0.4 is 4.90 Å². The number of carbonyl (C=O) groups excluding carboxylic acids is 1. The first-order valence-electron chi connectivity index (χ1n) is 6.12. The number of ether oxygens (including phenoxy) is 1. The fourth-order valence-electron chi connectivity index (χ4n) is 1.99. The number of aryl methyl sites for hydroxylation is 1. The third-order valence-electron chi connectivity index (χ3n) is 3.91. The Morgan fingerprint density at radius 3 is 2.22 bits per heavy atom. The van der Waals surface area contributed by atoms with E-state index in [0.717, 1.165) is 5.69 Å². The van der Waals surface area contributed by atoms with E-state index in [9.17, 15) is 4.79 Å². The van der Waals surface area contributed by atoms with E-state index in [1.54, 1.807) is 0 Å². The third kappa shape index (κ3) is 2.35. The maximum atomic E-state index is 11.8. The van der Waals surface area contributed by atoms with Crippen LogP contribution in [0.4, 0.5) is 5.69 Å². The molecule has 0 saturated heterocycles. The average molecular weight is 249 g/mol. The topological polar surface area (TPSA) is 29.5 Å². The lowest BCUT2D eigenvalue weighted by atomic mass is 9.97. The largest absolute Gasteiger partial charge is 0.467 e. The normalized spacial score (nSPS) is 11.3. The molecular weight excluding hydrogens is 226 g/mol. The second kappa shape index (κ2) is 5.01. The minimum Gasteiger partial charge on any atom is -0.467 e. The third-order valence-corrected chi connectivity index (χ3v) is 3.91. The molecule has 0 heterocycles. The SMILES string of the molecule is COC(=O)C(C)(C)N(C)c1ccc(C)c(C)c1C. The zero-order valence-electron chi connectivity index (χ0n) is 12.4. The Morgan fingerprint density at radius 1 is 1.17 bits per heavy atom. The summed E-state index contributed by atoms with van der Waals surface area (Å²) in [7, 11) is 3.35. The van der Waals surface area contributed by atoms with Gasteiger partial charge in [0.05, 0.1) is 7.11 Å². The Kier molecular flexibility index (Phi) is 4.05. The lowest BCUT2D eigenvalue weighted by Crippen LogP contribution is -2.49. The fourth-order valence-corrected chi connectivity index (χ4v) is 1.99. The number of nitrogens with zero attached hydrogens (tertiary/aromatic N) is 1. The standard InChI is InChI=1S/C15H23NO2/c1-10-8-9-13(12(3)11(10)2)16(6)15(4,5)14(17)18-7/h8-9H,1-7H3. The molecule has 100 valence electrons. The van der Waals surface area contributed by atoms with Crippen LogP contribution in [0, 0.1) is 20.8 Å². The van der Waals surface area contributed by atoms with Gasteiger partial charge in [0.1, 0.15) is 5.54 Å². The van der Waals surface area contributed by atoms with Gasteiger partial charge in [0, 0.05) is 12.7 Å². The first-order valence-corrected chi connectivity index (χ1v) is 6.12. The number of hydrogen-bond acceptors (Lipinski definition) is 3. The smallest absolute Gasteiger partial charge is 0.331 e. The molecule has 3 nitrogen and oxygen atoms in total. The molecule has 0 amide bonds. The van der Waals surface area contributed by atoms with Crippen molar-refractivity contribution in [3.8, 4) is 0 Å². The molecule has 0 saturated carbocycles. The molecule has 18 heavy (non-hydrogen) atoms. The van der Waals surface area contributed by atoms with Gasteiger partial charge in [-0.3, -0.25) is 0 Å². The molecule has 0 atom stereocenters. The second-order valence-electron chi connectivity index (χ2n) is 5.26. The van der Waals surface area contributed by atoms with Crippen molar-refractivity contribution in [3.05, 3.63) is 28.8 Å². The molecule has 0 aliphatic carbocycles. The Morgan fingerprint density at radius 2 is 1.72 bits per heavy atom. The zero-order chi connectivity index (χ0) is 14.1. The van der Waals surface area contributed by atoms with Gasteiger partial charge in [-0.15, -0.1) is 0 Å². The quantitative estimate of drug-likeness (QED) is 0.771. The van der Waals surface area contributed by atoms with Crippen molar-refractivity contribution in [2.45, 2.75) is 40.2 Å². The van der Waals surface area contributed by atoms with E-state index >= 15 is 0 Å². The van der Waals surface area contributed by atoms with Crippen LogP contribution in [0.25, 0.3) is 0 Å². The summed E-state index contributed by atoms with van der Waals surface area (Å²) >= 11 is 0. The maximum Gasteiger partial charge on any atom is 0.331 e. The van der Waals surface area contributed by atoms with Gasteiger partial charge in [-0.25, -0.2) is 4.79 Å². The highest BCUT2D eigenvalue weighted by Crippen LogP contribution is 2.29. The first kappa shape index (κ1) is 14.6. The molecule has 0 unspecified atom stereocenters. The number of methoxy groups -OCH3 is 1. The molecule has 1 rings (SSSR count). The number of anilines is 1. The molecule has 0 radical (unpaired) electrons. The van der Waals surface area contributed by atoms with Crippen LogP contribution in [0.1, 0.15) is 30.5 Å². The number of rotatable bonds is 3. The summed E-state index contributed by atoms with van der Waals surface area (Å²) in [4.78, 5) is 13.8. The van der Waals surface area contributed by atoms with Crippen molar-refractivity contribution < 1.29 is 9.53 Å². The summed E-state index contributed by atoms with van der Waals surface area (Å²) in [6, 6.07) is 4.14. The number of benzene rings is 1. The van der Waals surface area contributed by atoms with Gasteiger partial charge in [0.25, 0.3) is 0 Å². The molecule has 0 N–H and O–H groups in total. The number of likely N-dealkylation sites (N-methyl/N-ethyl adjacent to an activating group) is 1. The minimum absolute atomic E-state index is 0.234. The molecule has 0 aliphatic rings. The fraction of sp³-hybridized carbons (Fsp3) is 0.533. The molecule has 0 fully saturated rings. The van der Waals surface area contributed by atoms with Gasteiger partial charge in [0.2, 0.25) is 0 Å². The number of esters is 1. The van der Waals surface area contributed by atoms with E-state index in [-0.39, 0.29) is 5.97 Å². The van der Waals surface area contributed by atoms with Crippen molar-refractivity contribution in [2.24, 2.45) is 0 Å². The predicted octanol–water partition coefficient (Wildman–Crippen LogP) is 3.00. The van der Waals surface area contributed by atoms with Gasteiger partial charge in [-0.1, -0.05) is 6.07 Å². The van der Waals surface area contributed by atoms with E-state index in [1.807, 2.05) is 25.8 Å². The van der Waals surface area contributed by atoms with Crippen LogP contribution in [0.2, 0.25) is 0 Å². The van der Waals surface area contributed by atoms with Crippen LogP contribution in [-0.2, 0) is 9.53 Å². The highest BCUT2D eigenvalue weighted by Gasteiger charge is 2.34. The van der Waals surface area contributed by atoms with Crippen LogP contribution in [0.15, 0.2) is 12.1 Å². The van der Waals surface area contributed by atoms with Crippen LogP contribution in [-0.4, -0.2) is 25.7 Å². The lowest BCUT2D eigenvalue weighted by Gasteiger charge is -2.36. The maximum absolute atomic E-state index is 11.8. The second-order valence-corrected chi connectivity index (χ2v) is 5.26. The summed E-state index contributed by atoms with van der Waals surface area (Å²) in [5, 5.41) is 0. The highest BCUT2D eigenvalue weighted by atomic mass is 16.5. The Labute approximate surface area is 110 Å². The van der Waals surface area contributed by atoms with E-state index < -0.39 is 5.54 Å². The number of hydrogen-bond donors (Lipinski definition) is 0. The Hall–Kier alpha value is -1.51.